The second-order valence-corrected chi connectivity index (χ2v) is 10.00. The molecule has 1 aromatic heterocycles. The Labute approximate surface area is 190 Å². The number of carbonyl (C=O) groups is 1. The van der Waals surface area contributed by atoms with Gasteiger partial charge in [-0.05, 0) is 67.8 Å². The van der Waals surface area contributed by atoms with Crippen LogP contribution in [0.25, 0.3) is 0 Å². The Morgan fingerprint density at radius 3 is 2.59 bits per heavy atom. The highest BCUT2D eigenvalue weighted by atomic mass is 32.2. The second-order valence-electron chi connectivity index (χ2n) is 7.14. The van der Waals surface area contributed by atoms with Gasteiger partial charge in [0.05, 0.1) is 12.0 Å². The third kappa shape index (κ3) is 4.83. The minimum absolute atomic E-state index is 0.118. The van der Waals surface area contributed by atoms with Crippen molar-refractivity contribution in [3.63, 3.8) is 0 Å². The number of nitrogens with zero attached hydrogens (tertiary/aromatic N) is 3. The molecule has 1 amide bonds. The molecule has 0 aliphatic carbocycles. The molecule has 11 heteroatoms. The van der Waals surface area contributed by atoms with E-state index in [0.717, 1.165) is 23.3 Å². The molecule has 3 aromatic rings. The summed E-state index contributed by atoms with van der Waals surface area (Å²) in [5.74, 6) is 1.07. The number of hydrogen-bond acceptors (Lipinski definition) is 8. The fourth-order valence-electron chi connectivity index (χ4n) is 3.41. The van der Waals surface area contributed by atoms with Crippen LogP contribution < -0.4 is 19.1 Å². The maximum Gasteiger partial charge on any atom is 0.264 e. The van der Waals surface area contributed by atoms with Gasteiger partial charge >= 0.3 is 0 Å². The molecule has 1 N–H and O–H groups in total. The minimum atomic E-state index is -3.80. The van der Waals surface area contributed by atoms with Gasteiger partial charge in [0.15, 0.2) is 6.61 Å². The van der Waals surface area contributed by atoms with Crippen molar-refractivity contribution < 1.29 is 22.7 Å². The van der Waals surface area contributed by atoms with E-state index in [-0.39, 0.29) is 22.5 Å². The van der Waals surface area contributed by atoms with E-state index in [4.69, 9.17) is 9.47 Å². The largest absolute Gasteiger partial charge is 0.497 e. The van der Waals surface area contributed by atoms with Crippen LogP contribution in [-0.2, 0) is 21.2 Å². The van der Waals surface area contributed by atoms with Crippen molar-refractivity contribution in [3.8, 4) is 11.5 Å². The van der Waals surface area contributed by atoms with Crippen LogP contribution in [0.3, 0.4) is 0 Å². The number of ether oxygens (including phenoxy) is 2. The zero-order valence-corrected chi connectivity index (χ0v) is 19.2. The predicted octanol–water partition coefficient (Wildman–Crippen LogP) is 3.01. The summed E-state index contributed by atoms with van der Waals surface area (Å²) in [5, 5.41) is 8.51. The molecule has 0 spiro atoms. The molecule has 0 bridgehead atoms. The fourth-order valence-corrected chi connectivity index (χ4v) is 5.28. The third-order valence-electron chi connectivity index (χ3n) is 4.95. The summed E-state index contributed by atoms with van der Waals surface area (Å²) in [7, 11) is -2.22. The average Bonchev–Trinajstić information content (AvgIpc) is 3.20. The maximum atomic E-state index is 12.8. The number of methoxy groups -OCH3 is 1. The van der Waals surface area contributed by atoms with Crippen LogP contribution in [0, 0.1) is 6.92 Å². The first kappa shape index (κ1) is 22.0. The monoisotopic (exact) mass is 474 g/mol. The SMILES string of the molecule is COc1ccc(OCC(=O)N2CCCc3cc(S(=O)(=O)Nc4nnc(C)s4)ccc32)cc1. The van der Waals surface area contributed by atoms with Crippen LogP contribution in [-0.4, -0.2) is 44.8 Å². The molecule has 9 nitrogen and oxygen atoms in total. The molecule has 0 radical (unpaired) electrons. The van der Waals surface area contributed by atoms with Crippen LogP contribution in [0.5, 0.6) is 11.5 Å². The number of rotatable bonds is 7. The summed E-state index contributed by atoms with van der Waals surface area (Å²) in [5.41, 5.74) is 1.50. The van der Waals surface area contributed by atoms with Gasteiger partial charge in [-0.15, -0.1) is 10.2 Å². The number of sulfonamides is 1. The number of amides is 1. The third-order valence-corrected chi connectivity index (χ3v) is 7.17. The molecule has 2 heterocycles. The average molecular weight is 475 g/mol. The molecule has 168 valence electrons. The predicted molar refractivity (Wildman–Crippen MR) is 121 cm³/mol. The number of aryl methyl sites for hydroxylation is 2. The highest BCUT2D eigenvalue weighted by Gasteiger charge is 2.25. The summed E-state index contributed by atoms with van der Waals surface area (Å²) in [6, 6.07) is 11.8. The summed E-state index contributed by atoms with van der Waals surface area (Å²) < 4.78 is 38.7. The molecule has 32 heavy (non-hydrogen) atoms. The van der Waals surface area contributed by atoms with Crippen LogP contribution >= 0.6 is 11.3 Å². The number of benzene rings is 2. The quantitative estimate of drug-likeness (QED) is 0.560. The van der Waals surface area contributed by atoms with Gasteiger partial charge in [-0.25, -0.2) is 8.42 Å². The minimum Gasteiger partial charge on any atom is -0.497 e. The molecule has 2 aromatic carbocycles. The molecule has 1 aliphatic heterocycles. The Hall–Kier alpha value is -3.18. The first-order valence-electron chi connectivity index (χ1n) is 9.89. The number of nitrogens with one attached hydrogen (secondary N) is 1. The number of aromatic nitrogens is 2. The Morgan fingerprint density at radius 1 is 1.16 bits per heavy atom. The van der Waals surface area contributed by atoms with E-state index in [2.05, 4.69) is 14.9 Å². The topological polar surface area (TPSA) is 111 Å². The highest BCUT2D eigenvalue weighted by molar-refractivity contribution is 7.93. The number of anilines is 2. The normalized spacial score (nSPS) is 13.4. The molecule has 0 atom stereocenters. The van der Waals surface area contributed by atoms with Crippen molar-refractivity contribution in [2.75, 3.05) is 29.9 Å². The number of fused-ring (bicyclic) bond motifs is 1. The zero-order valence-electron chi connectivity index (χ0n) is 17.6. The van der Waals surface area contributed by atoms with E-state index in [1.807, 2.05) is 0 Å². The molecule has 1 aliphatic rings. The summed E-state index contributed by atoms with van der Waals surface area (Å²) in [4.78, 5) is 14.6. The maximum absolute atomic E-state index is 12.8. The Balaban J connectivity index is 1.47. The summed E-state index contributed by atoms with van der Waals surface area (Å²) >= 11 is 1.16. The molecular weight excluding hydrogens is 452 g/mol. The number of carbonyl (C=O) groups excluding carboxylic acids is 1. The standard InChI is InChI=1S/C21H22N4O5S2/c1-14-22-23-21(31-14)24-32(27,28)18-9-10-19-15(12-18)4-3-11-25(19)20(26)13-30-17-7-5-16(29-2)6-8-17/h5-10,12H,3-4,11,13H2,1-2H3,(H,23,24). The first-order valence-corrected chi connectivity index (χ1v) is 12.2. The highest BCUT2D eigenvalue weighted by Crippen LogP contribution is 2.30. The van der Waals surface area contributed by atoms with Gasteiger partial charge in [-0.2, -0.15) is 0 Å². The van der Waals surface area contributed by atoms with Crippen molar-refractivity contribution >= 4 is 38.1 Å². The molecule has 0 fully saturated rings. The van der Waals surface area contributed by atoms with Crippen LogP contribution in [0.15, 0.2) is 47.4 Å². The van der Waals surface area contributed by atoms with E-state index >= 15 is 0 Å². The lowest BCUT2D eigenvalue weighted by atomic mass is 10.0. The van der Waals surface area contributed by atoms with Gasteiger partial charge < -0.3 is 14.4 Å². The zero-order chi connectivity index (χ0) is 22.7. The van der Waals surface area contributed by atoms with Gasteiger partial charge in [0.2, 0.25) is 5.13 Å². The smallest absolute Gasteiger partial charge is 0.264 e. The van der Waals surface area contributed by atoms with Gasteiger partial charge in [0.1, 0.15) is 16.5 Å². The summed E-state index contributed by atoms with van der Waals surface area (Å²) in [6.45, 7) is 2.17. The molecule has 0 unspecified atom stereocenters. The van der Waals surface area contributed by atoms with Crippen molar-refractivity contribution in [3.05, 3.63) is 53.0 Å². The van der Waals surface area contributed by atoms with E-state index in [9.17, 15) is 13.2 Å². The Bertz CT molecular complexity index is 1230. The molecule has 0 saturated carbocycles. The number of hydrogen-bond donors (Lipinski definition) is 1. The molecule has 4 rings (SSSR count). The van der Waals surface area contributed by atoms with E-state index < -0.39 is 10.0 Å². The molecule has 0 saturated heterocycles. The van der Waals surface area contributed by atoms with E-state index in [1.165, 1.54) is 6.07 Å². The van der Waals surface area contributed by atoms with Crippen LogP contribution in [0.2, 0.25) is 0 Å². The Kier molecular flexibility index (Phi) is 6.28. The van der Waals surface area contributed by atoms with Crippen LogP contribution in [0.1, 0.15) is 17.0 Å². The summed E-state index contributed by atoms with van der Waals surface area (Å²) in [6.07, 6.45) is 1.41. The first-order chi connectivity index (χ1) is 15.4. The molecular formula is C21H22N4O5S2. The van der Waals surface area contributed by atoms with Gasteiger partial charge in [0.25, 0.3) is 15.9 Å². The lowest BCUT2D eigenvalue weighted by Crippen LogP contribution is -2.38. The second kappa shape index (κ2) is 9.13. The lowest BCUT2D eigenvalue weighted by Gasteiger charge is -2.29. The lowest BCUT2D eigenvalue weighted by molar-refractivity contribution is -0.120. The Morgan fingerprint density at radius 2 is 1.91 bits per heavy atom. The van der Waals surface area contributed by atoms with E-state index in [0.29, 0.717) is 35.2 Å². The van der Waals surface area contributed by atoms with Gasteiger partial charge in [-0.1, -0.05) is 11.3 Å². The van der Waals surface area contributed by atoms with Crippen molar-refractivity contribution in [1.29, 1.82) is 0 Å². The van der Waals surface area contributed by atoms with Gasteiger partial charge in [-0.3, -0.25) is 9.52 Å². The fraction of sp³-hybridized carbons (Fsp3) is 0.286. The van der Waals surface area contributed by atoms with Gasteiger partial charge in [0, 0.05) is 12.2 Å². The van der Waals surface area contributed by atoms with Crippen molar-refractivity contribution in [1.82, 2.24) is 10.2 Å². The van der Waals surface area contributed by atoms with Crippen molar-refractivity contribution in [2.45, 2.75) is 24.7 Å². The van der Waals surface area contributed by atoms with Crippen LogP contribution in [0.4, 0.5) is 10.8 Å². The van der Waals surface area contributed by atoms with E-state index in [1.54, 1.807) is 55.3 Å². The van der Waals surface area contributed by atoms with Crippen molar-refractivity contribution in [2.24, 2.45) is 0 Å².